The number of hydrogen-bond acceptors (Lipinski definition) is 6. The Kier molecular flexibility index (Phi) is 7.15. The molecule has 0 spiro atoms. The molecule has 1 heterocycles. The summed E-state index contributed by atoms with van der Waals surface area (Å²) in [4.78, 5) is 19.5. The van der Waals surface area contributed by atoms with Crippen LogP contribution in [0.2, 0.25) is 0 Å². The summed E-state index contributed by atoms with van der Waals surface area (Å²) in [6.07, 6.45) is 1.26. The molecule has 1 aromatic carbocycles. The third-order valence-corrected chi connectivity index (χ3v) is 5.81. The molecule has 0 aliphatic rings. The Morgan fingerprint density at radius 2 is 1.93 bits per heavy atom. The van der Waals surface area contributed by atoms with Crippen molar-refractivity contribution in [3.8, 4) is 0 Å². The van der Waals surface area contributed by atoms with Gasteiger partial charge in [-0.2, -0.15) is 0 Å². The summed E-state index contributed by atoms with van der Waals surface area (Å²) in [5.74, 6) is -1.65. The van der Waals surface area contributed by atoms with Crippen LogP contribution >= 0.6 is 0 Å². The van der Waals surface area contributed by atoms with Gasteiger partial charge in [-0.1, -0.05) is 6.07 Å². The third kappa shape index (κ3) is 5.64. The van der Waals surface area contributed by atoms with Crippen LogP contribution in [-0.2, 0) is 10.0 Å². The van der Waals surface area contributed by atoms with Crippen LogP contribution < -0.4 is 9.62 Å². The van der Waals surface area contributed by atoms with E-state index in [1.54, 1.807) is 11.8 Å². The Balaban J connectivity index is 2.39. The number of halogens is 1. The number of hydrogen-bond donors (Lipinski definition) is 2. The maximum absolute atomic E-state index is 13.5. The molecule has 0 bridgehead atoms. The Morgan fingerprint density at radius 1 is 1.24 bits per heavy atom. The van der Waals surface area contributed by atoms with E-state index in [1.807, 2.05) is 25.9 Å². The fourth-order valence-corrected chi connectivity index (χ4v) is 4.02. The zero-order valence-corrected chi connectivity index (χ0v) is 17.6. The highest BCUT2D eigenvalue weighted by molar-refractivity contribution is 7.92. The molecule has 0 fully saturated rings. The van der Waals surface area contributed by atoms with E-state index < -0.39 is 21.8 Å². The number of aromatic carboxylic acids is 1. The van der Waals surface area contributed by atoms with E-state index in [2.05, 4.69) is 9.71 Å². The summed E-state index contributed by atoms with van der Waals surface area (Å²) >= 11 is 0. The minimum Gasteiger partial charge on any atom is -0.478 e. The molecule has 0 unspecified atom stereocenters. The Hall–Kier alpha value is -2.72. The van der Waals surface area contributed by atoms with Gasteiger partial charge in [-0.05, 0) is 51.7 Å². The lowest BCUT2D eigenvalue weighted by Gasteiger charge is -2.25. The van der Waals surface area contributed by atoms with Gasteiger partial charge in [-0.25, -0.2) is 22.6 Å². The second-order valence-electron chi connectivity index (χ2n) is 6.80. The van der Waals surface area contributed by atoms with Crippen LogP contribution in [0.1, 0.15) is 22.8 Å². The van der Waals surface area contributed by atoms with Gasteiger partial charge in [0.25, 0.3) is 10.0 Å². The zero-order valence-electron chi connectivity index (χ0n) is 16.8. The number of benzene rings is 1. The first-order chi connectivity index (χ1) is 13.5. The van der Waals surface area contributed by atoms with E-state index in [9.17, 15) is 22.7 Å². The van der Waals surface area contributed by atoms with Crippen molar-refractivity contribution in [3.63, 3.8) is 0 Å². The first-order valence-electron chi connectivity index (χ1n) is 8.97. The summed E-state index contributed by atoms with van der Waals surface area (Å²) in [7, 11) is -0.296. The Bertz CT molecular complexity index is 996. The molecule has 0 amide bonds. The highest BCUT2D eigenvalue weighted by atomic mass is 32.2. The van der Waals surface area contributed by atoms with E-state index in [0.29, 0.717) is 25.2 Å². The van der Waals surface area contributed by atoms with Crippen molar-refractivity contribution in [2.75, 3.05) is 43.4 Å². The number of carbonyl (C=O) groups is 1. The van der Waals surface area contributed by atoms with Crippen molar-refractivity contribution in [2.45, 2.75) is 18.7 Å². The van der Waals surface area contributed by atoms with Crippen LogP contribution in [0, 0.1) is 12.7 Å². The zero-order chi connectivity index (χ0) is 21.8. The standard InChI is InChI=1S/C19H25FN4O4S/c1-5-24(9-8-23(3)4)18-16(19(25)26)11-15(12-21-18)22-29(27,28)17-10-14(20)7-6-13(17)2/h6-7,10-12,22H,5,8-9H2,1-4H3,(H,25,26). The number of carboxylic acid groups (broad SMARTS) is 1. The van der Waals surface area contributed by atoms with Crippen LogP contribution in [-0.4, -0.2) is 63.1 Å². The van der Waals surface area contributed by atoms with E-state index >= 15 is 0 Å². The predicted molar refractivity (Wildman–Crippen MR) is 110 cm³/mol. The van der Waals surface area contributed by atoms with Crippen molar-refractivity contribution in [3.05, 3.63) is 47.4 Å². The molecule has 10 heteroatoms. The van der Waals surface area contributed by atoms with E-state index in [1.165, 1.54) is 24.4 Å². The van der Waals surface area contributed by atoms with Crippen LogP contribution in [0.5, 0.6) is 0 Å². The van der Waals surface area contributed by atoms with Gasteiger partial charge in [0.1, 0.15) is 17.2 Å². The number of carboxylic acids is 1. The van der Waals surface area contributed by atoms with Gasteiger partial charge in [-0.15, -0.1) is 0 Å². The first kappa shape index (κ1) is 22.6. The van der Waals surface area contributed by atoms with E-state index in [4.69, 9.17) is 0 Å². The Morgan fingerprint density at radius 3 is 2.52 bits per heavy atom. The van der Waals surface area contributed by atoms with Crippen molar-refractivity contribution in [1.82, 2.24) is 9.88 Å². The van der Waals surface area contributed by atoms with Crippen LogP contribution in [0.25, 0.3) is 0 Å². The number of aryl methyl sites for hydroxylation is 1. The van der Waals surface area contributed by atoms with Gasteiger partial charge < -0.3 is 14.9 Å². The topological polar surface area (TPSA) is 103 Å². The number of anilines is 2. The number of aromatic nitrogens is 1. The fourth-order valence-electron chi connectivity index (χ4n) is 2.73. The monoisotopic (exact) mass is 424 g/mol. The molecule has 0 saturated carbocycles. The van der Waals surface area contributed by atoms with Crippen molar-refractivity contribution in [1.29, 1.82) is 0 Å². The minimum absolute atomic E-state index is 0.0153. The molecule has 29 heavy (non-hydrogen) atoms. The first-order valence-corrected chi connectivity index (χ1v) is 10.5. The molecule has 0 aliphatic carbocycles. The van der Waals surface area contributed by atoms with Gasteiger partial charge in [0.2, 0.25) is 0 Å². The number of rotatable bonds is 9. The molecule has 0 radical (unpaired) electrons. The molecule has 0 atom stereocenters. The molecule has 8 nitrogen and oxygen atoms in total. The molecule has 0 aliphatic heterocycles. The molecule has 0 saturated heterocycles. The lowest BCUT2D eigenvalue weighted by Crippen LogP contribution is -2.33. The molecule has 2 aromatic rings. The number of likely N-dealkylation sites (N-methyl/N-ethyl adjacent to an activating group) is 2. The maximum Gasteiger partial charge on any atom is 0.339 e. The van der Waals surface area contributed by atoms with Crippen LogP contribution in [0.15, 0.2) is 35.4 Å². The highest BCUT2D eigenvalue weighted by Gasteiger charge is 2.22. The fraction of sp³-hybridized carbons (Fsp3) is 0.368. The number of pyridine rings is 1. The molecule has 2 N–H and O–H groups in total. The number of nitrogens with one attached hydrogen (secondary N) is 1. The Labute approximate surface area is 170 Å². The summed E-state index contributed by atoms with van der Waals surface area (Å²) in [5.41, 5.74) is 0.225. The van der Waals surface area contributed by atoms with Crippen molar-refractivity contribution < 1.29 is 22.7 Å². The number of nitrogens with zero attached hydrogens (tertiary/aromatic N) is 3. The normalized spacial score (nSPS) is 11.5. The third-order valence-electron chi connectivity index (χ3n) is 4.29. The quantitative estimate of drug-likeness (QED) is 0.637. The van der Waals surface area contributed by atoms with Crippen LogP contribution in [0.4, 0.5) is 15.9 Å². The van der Waals surface area contributed by atoms with Gasteiger partial charge in [-0.3, -0.25) is 4.72 Å². The van der Waals surface area contributed by atoms with E-state index in [0.717, 1.165) is 6.07 Å². The summed E-state index contributed by atoms with van der Waals surface area (Å²) < 4.78 is 41.1. The second kappa shape index (κ2) is 9.19. The second-order valence-corrected chi connectivity index (χ2v) is 8.45. The smallest absolute Gasteiger partial charge is 0.339 e. The maximum atomic E-state index is 13.5. The van der Waals surface area contributed by atoms with E-state index in [-0.39, 0.29) is 22.0 Å². The summed E-state index contributed by atoms with van der Waals surface area (Å²) in [6, 6.07) is 4.66. The van der Waals surface area contributed by atoms with Gasteiger partial charge in [0, 0.05) is 19.6 Å². The molecular formula is C19H25FN4O4S. The average molecular weight is 424 g/mol. The minimum atomic E-state index is -4.11. The van der Waals surface area contributed by atoms with Crippen molar-refractivity contribution in [2.24, 2.45) is 0 Å². The van der Waals surface area contributed by atoms with Gasteiger partial charge in [0.05, 0.1) is 16.8 Å². The lowest BCUT2D eigenvalue weighted by atomic mass is 10.2. The predicted octanol–water partition coefficient (Wildman–Crippen LogP) is 2.42. The van der Waals surface area contributed by atoms with Crippen LogP contribution in [0.3, 0.4) is 0 Å². The molecule has 1 aromatic heterocycles. The van der Waals surface area contributed by atoms with Crippen molar-refractivity contribution >= 4 is 27.5 Å². The number of sulfonamides is 1. The molecular weight excluding hydrogens is 399 g/mol. The highest BCUT2D eigenvalue weighted by Crippen LogP contribution is 2.25. The summed E-state index contributed by atoms with van der Waals surface area (Å²) in [5, 5.41) is 9.60. The van der Waals surface area contributed by atoms with Gasteiger partial charge in [0.15, 0.2) is 0 Å². The van der Waals surface area contributed by atoms with Gasteiger partial charge >= 0.3 is 5.97 Å². The average Bonchev–Trinajstić information content (AvgIpc) is 2.64. The summed E-state index contributed by atoms with van der Waals surface area (Å²) in [6.45, 7) is 5.22. The molecule has 2 rings (SSSR count). The largest absolute Gasteiger partial charge is 0.478 e. The lowest BCUT2D eigenvalue weighted by molar-refractivity contribution is 0.0697. The molecule has 158 valence electrons. The SMILES string of the molecule is CCN(CCN(C)C)c1ncc(NS(=O)(=O)c2cc(F)ccc2C)cc1C(=O)O.